The van der Waals surface area contributed by atoms with E-state index in [1.807, 2.05) is 53.8 Å². The quantitative estimate of drug-likeness (QED) is 0.343. The Balaban J connectivity index is 1.67. The van der Waals surface area contributed by atoms with Gasteiger partial charge in [-0.05, 0) is 22.3 Å². The highest BCUT2D eigenvalue weighted by molar-refractivity contribution is 5.93. The van der Waals surface area contributed by atoms with Crippen LogP contribution in [0.15, 0.2) is 48.5 Å². The van der Waals surface area contributed by atoms with Crippen molar-refractivity contribution in [2.45, 2.75) is 30.8 Å². The maximum atomic E-state index is 12.4. The van der Waals surface area contributed by atoms with Crippen LogP contribution >= 0.6 is 0 Å². The van der Waals surface area contributed by atoms with Crippen LogP contribution in [0.2, 0.25) is 0 Å². The zero-order valence-electron chi connectivity index (χ0n) is 17.8. The Morgan fingerprint density at radius 2 is 1.26 bits per heavy atom. The third-order valence-corrected chi connectivity index (χ3v) is 5.32. The fraction of sp³-hybridized carbons (Fsp3) is 0.261. The Hall–Kier alpha value is -4.41. The van der Waals surface area contributed by atoms with Gasteiger partial charge in [0.25, 0.3) is 0 Å². The molecule has 5 N–H and O–H groups in total. The Morgan fingerprint density at radius 3 is 1.76 bits per heavy atom. The van der Waals surface area contributed by atoms with Crippen molar-refractivity contribution < 1.29 is 44.0 Å². The van der Waals surface area contributed by atoms with E-state index in [1.165, 1.54) is 0 Å². The van der Waals surface area contributed by atoms with Gasteiger partial charge in [0.1, 0.15) is 18.7 Å². The third kappa shape index (κ3) is 5.68. The van der Waals surface area contributed by atoms with Gasteiger partial charge in [0.2, 0.25) is 5.91 Å². The van der Waals surface area contributed by atoms with Gasteiger partial charge < -0.3 is 30.7 Å². The molecule has 2 amide bonds. The molecule has 0 saturated heterocycles. The molecule has 2 atom stereocenters. The average molecular weight is 470 g/mol. The van der Waals surface area contributed by atoms with Gasteiger partial charge in [-0.1, -0.05) is 48.5 Å². The van der Waals surface area contributed by atoms with Crippen molar-refractivity contribution in [3.63, 3.8) is 0 Å². The lowest BCUT2D eigenvalue weighted by molar-refractivity contribution is -0.147. The molecule has 11 heteroatoms. The summed E-state index contributed by atoms with van der Waals surface area (Å²) in [6.45, 7) is -0.0853. The first-order chi connectivity index (χ1) is 16.2. The molecule has 0 fully saturated rings. The number of aliphatic carboxylic acids is 3. The van der Waals surface area contributed by atoms with Crippen LogP contribution in [0.4, 0.5) is 4.79 Å². The third-order valence-electron chi connectivity index (χ3n) is 5.32. The average Bonchev–Trinajstić information content (AvgIpc) is 3.10. The van der Waals surface area contributed by atoms with Crippen LogP contribution in [-0.4, -0.2) is 63.9 Å². The van der Waals surface area contributed by atoms with Crippen molar-refractivity contribution in [2.75, 3.05) is 6.61 Å². The zero-order valence-corrected chi connectivity index (χ0v) is 17.8. The first-order valence-electron chi connectivity index (χ1n) is 10.3. The van der Waals surface area contributed by atoms with E-state index in [1.54, 1.807) is 0 Å². The summed E-state index contributed by atoms with van der Waals surface area (Å²) in [5.74, 6) is -5.97. The van der Waals surface area contributed by atoms with E-state index >= 15 is 0 Å². The van der Waals surface area contributed by atoms with Crippen LogP contribution in [-0.2, 0) is 23.9 Å². The first kappa shape index (κ1) is 24.2. The number of carboxylic acids is 3. The molecule has 3 rings (SSSR count). The molecule has 34 heavy (non-hydrogen) atoms. The summed E-state index contributed by atoms with van der Waals surface area (Å²) < 4.78 is 5.29. The summed E-state index contributed by atoms with van der Waals surface area (Å²) in [6, 6.07) is 11.8. The molecule has 11 nitrogen and oxygen atoms in total. The molecule has 2 aromatic rings. The van der Waals surface area contributed by atoms with E-state index in [0.717, 1.165) is 22.3 Å². The lowest BCUT2D eigenvalue weighted by Gasteiger charge is -2.20. The van der Waals surface area contributed by atoms with Gasteiger partial charge in [-0.2, -0.15) is 0 Å². The summed E-state index contributed by atoms with van der Waals surface area (Å²) in [7, 11) is 0. The van der Waals surface area contributed by atoms with Gasteiger partial charge in [-0.3, -0.25) is 14.4 Å². The normalized spacial score (nSPS) is 13.6. The summed E-state index contributed by atoms with van der Waals surface area (Å²) in [6.07, 6.45) is -2.87. The number of rotatable bonds is 10. The van der Waals surface area contributed by atoms with Crippen LogP contribution in [0.1, 0.15) is 29.9 Å². The molecule has 0 saturated carbocycles. The standard InChI is InChI=1S/C23H22N2O9/c26-19(27)9-17(21(30)24-18(22(31)32)10-20(28)29)25-23(33)34-11-16-14-7-3-1-5-12(14)13-6-2-4-8-15(13)16/h1-8,16-18H,9-11H2,(H,24,30)(H,25,33)(H,26,27)(H,28,29)(H,31,32)/t17-,18?/m1/s1. The highest BCUT2D eigenvalue weighted by atomic mass is 16.5. The van der Waals surface area contributed by atoms with Crippen molar-refractivity contribution in [3.05, 3.63) is 59.7 Å². The SMILES string of the molecule is O=C(O)CC(NC(=O)[C@@H](CC(=O)O)NC(=O)OCC1c2ccccc2-c2ccccc21)C(=O)O. The highest BCUT2D eigenvalue weighted by Crippen LogP contribution is 2.44. The molecule has 2 aromatic carbocycles. The molecule has 0 radical (unpaired) electrons. The maximum Gasteiger partial charge on any atom is 0.407 e. The lowest BCUT2D eigenvalue weighted by atomic mass is 9.98. The van der Waals surface area contributed by atoms with Crippen molar-refractivity contribution in [3.8, 4) is 11.1 Å². The monoisotopic (exact) mass is 470 g/mol. The van der Waals surface area contributed by atoms with Crippen LogP contribution in [0.3, 0.4) is 0 Å². The number of hydrogen-bond acceptors (Lipinski definition) is 6. The number of alkyl carbamates (subject to hydrolysis) is 1. The molecule has 0 heterocycles. The van der Waals surface area contributed by atoms with Gasteiger partial charge in [0.05, 0.1) is 12.8 Å². The summed E-state index contributed by atoms with van der Waals surface area (Å²) in [5.41, 5.74) is 3.92. The lowest BCUT2D eigenvalue weighted by Crippen LogP contribution is -2.53. The fourth-order valence-corrected chi connectivity index (χ4v) is 3.81. The Kier molecular flexibility index (Phi) is 7.46. The van der Waals surface area contributed by atoms with E-state index in [4.69, 9.17) is 20.1 Å². The number of hydrogen-bond donors (Lipinski definition) is 5. The predicted octanol–water partition coefficient (Wildman–Crippen LogP) is 1.41. The van der Waals surface area contributed by atoms with Crippen molar-refractivity contribution >= 4 is 29.9 Å². The van der Waals surface area contributed by atoms with E-state index in [-0.39, 0.29) is 12.5 Å². The van der Waals surface area contributed by atoms with Gasteiger partial charge in [0, 0.05) is 5.92 Å². The minimum Gasteiger partial charge on any atom is -0.481 e. The van der Waals surface area contributed by atoms with Gasteiger partial charge >= 0.3 is 24.0 Å². The van der Waals surface area contributed by atoms with Crippen LogP contribution in [0.5, 0.6) is 0 Å². The summed E-state index contributed by atoms with van der Waals surface area (Å²) in [5, 5.41) is 31.0. The molecule has 1 aliphatic rings. The molecule has 178 valence electrons. The van der Waals surface area contributed by atoms with Crippen molar-refractivity contribution in [2.24, 2.45) is 0 Å². The Morgan fingerprint density at radius 1 is 0.765 bits per heavy atom. The van der Waals surface area contributed by atoms with E-state index < -0.39 is 54.8 Å². The summed E-state index contributed by atoms with van der Waals surface area (Å²) in [4.78, 5) is 57.9. The largest absolute Gasteiger partial charge is 0.481 e. The number of ether oxygens (including phenoxy) is 1. The van der Waals surface area contributed by atoms with Gasteiger partial charge in [-0.15, -0.1) is 0 Å². The molecule has 0 aliphatic heterocycles. The molecule has 1 unspecified atom stereocenters. The summed E-state index contributed by atoms with van der Waals surface area (Å²) >= 11 is 0. The van der Waals surface area contributed by atoms with Gasteiger partial charge in [-0.25, -0.2) is 9.59 Å². The van der Waals surface area contributed by atoms with Crippen LogP contribution in [0, 0.1) is 0 Å². The van der Waals surface area contributed by atoms with E-state index in [9.17, 15) is 24.0 Å². The zero-order chi connectivity index (χ0) is 24.8. The van der Waals surface area contributed by atoms with Crippen molar-refractivity contribution in [1.29, 1.82) is 0 Å². The minimum absolute atomic E-state index is 0.0853. The molecule has 0 aromatic heterocycles. The number of nitrogens with one attached hydrogen (secondary N) is 2. The molecule has 0 spiro atoms. The number of benzene rings is 2. The smallest absolute Gasteiger partial charge is 0.407 e. The van der Waals surface area contributed by atoms with E-state index in [0.29, 0.717) is 0 Å². The second-order valence-electron chi connectivity index (χ2n) is 7.62. The van der Waals surface area contributed by atoms with Crippen LogP contribution < -0.4 is 10.6 Å². The number of amides is 2. The number of carboxylic acid groups (broad SMARTS) is 3. The second-order valence-corrected chi connectivity index (χ2v) is 7.62. The highest BCUT2D eigenvalue weighted by Gasteiger charge is 2.32. The predicted molar refractivity (Wildman–Crippen MR) is 116 cm³/mol. The molecular formula is C23H22N2O9. The van der Waals surface area contributed by atoms with Crippen LogP contribution in [0.25, 0.3) is 11.1 Å². The molecular weight excluding hydrogens is 448 g/mol. The Bertz CT molecular complexity index is 1090. The Labute approximate surface area is 193 Å². The topological polar surface area (TPSA) is 179 Å². The minimum atomic E-state index is -1.80. The number of carbonyl (C=O) groups is 5. The fourth-order valence-electron chi connectivity index (χ4n) is 3.81. The van der Waals surface area contributed by atoms with E-state index in [2.05, 4.69) is 5.32 Å². The van der Waals surface area contributed by atoms with Crippen molar-refractivity contribution in [1.82, 2.24) is 10.6 Å². The van der Waals surface area contributed by atoms with Gasteiger partial charge in [0.15, 0.2) is 0 Å². The number of fused-ring (bicyclic) bond motifs is 3. The first-order valence-corrected chi connectivity index (χ1v) is 10.3. The molecule has 0 bridgehead atoms. The second kappa shape index (κ2) is 10.5. The number of carbonyl (C=O) groups excluding carboxylic acids is 2. The maximum absolute atomic E-state index is 12.4. The molecule has 1 aliphatic carbocycles.